The molecule has 33 heavy (non-hydrogen) atoms. The van der Waals surface area contributed by atoms with E-state index in [2.05, 4.69) is 25.3 Å². The molecule has 9 heteroatoms. The molecule has 4 aromatic rings. The van der Waals surface area contributed by atoms with Crippen molar-refractivity contribution >= 4 is 38.6 Å². The van der Waals surface area contributed by atoms with Gasteiger partial charge in [-0.05, 0) is 43.2 Å². The van der Waals surface area contributed by atoms with Crippen LogP contribution in [0, 0.1) is 0 Å². The summed E-state index contributed by atoms with van der Waals surface area (Å²) in [6.07, 6.45) is 5.72. The quantitative estimate of drug-likeness (QED) is 0.378. The minimum absolute atomic E-state index is 0.175. The number of nitrogens with one attached hydrogen (secondary N) is 1. The molecule has 1 unspecified atom stereocenters. The zero-order chi connectivity index (χ0) is 23.4. The van der Waals surface area contributed by atoms with E-state index in [-0.39, 0.29) is 11.9 Å². The lowest BCUT2D eigenvalue weighted by molar-refractivity contribution is -0.149. The average Bonchev–Trinajstić information content (AvgIpc) is 3.20. The van der Waals surface area contributed by atoms with E-state index in [4.69, 9.17) is 4.74 Å². The van der Waals surface area contributed by atoms with E-state index in [1.54, 1.807) is 25.5 Å². The number of ether oxygens (including phenoxy) is 1. The van der Waals surface area contributed by atoms with Crippen molar-refractivity contribution in [3.8, 4) is 22.4 Å². The van der Waals surface area contributed by atoms with E-state index in [1.807, 2.05) is 37.3 Å². The lowest BCUT2D eigenvalue weighted by Crippen LogP contribution is -2.11. The Morgan fingerprint density at radius 1 is 1.12 bits per heavy atom. The number of pyridine rings is 1. The molecule has 1 amide bonds. The summed E-state index contributed by atoms with van der Waals surface area (Å²) >= 11 is 1.40. The highest BCUT2D eigenvalue weighted by atomic mass is 32.1. The third kappa shape index (κ3) is 5.20. The van der Waals surface area contributed by atoms with Crippen molar-refractivity contribution in [1.82, 2.24) is 19.9 Å². The first-order valence-corrected chi connectivity index (χ1v) is 11.4. The standard InChI is InChI=1S/C24H23N5O3S/c1-4-7-21(31)32-14(2)23-26-12-17(13-27-23)16-10-18(19-8-5-6-9-25-19)22-20(11-16)29-24(33-22)28-15(3)30/h5-6,8-14H,4,7H2,1-3H3,(H,28,29,30). The molecule has 0 saturated heterocycles. The molecule has 1 N–H and O–H groups in total. The highest BCUT2D eigenvalue weighted by molar-refractivity contribution is 7.22. The molecule has 8 nitrogen and oxygen atoms in total. The van der Waals surface area contributed by atoms with Gasteiger partial charge in [0.1, 0.15) is 0 Å². The van der Waals surface area contributed by atoms with Gasteiger partial charge in [0.15, 0.2) is 17.1 Å². The van der Waals surface area contributed by atoms with Gasteiger partial charge in [0.05, 0.1) is 15.9 Å². The van der Waals surface area contributed by atoms with Gasteiger partial charge >= 0.3 is 5.97 Å². The number of benzene rings is 1. The fraction of sp³-hybridized carbons (Fsp3) is 0.250. The summed E-state index contributed by atoms with van der Waals surface area (Å²) in [7, 11) is 0. The van der Waals surface area contributed by atoms with Crippen molar-refractivity contribution in [3.63, 3.8) is 0 Å². The SMILES string of the molecule is CCCC(=O)OC(C)c1ncc(-c2cc(-c3ccccn3)c3sc(NC(C)=O)nc3c2)cn1. The van der Waals surface area contributed by atoms with Gasteiger partial charge in [-0.15, -0.1) is 0 Å². The van der Waals surface area contributed by atoms with Crippen LogP contribution < -0.4 is 5.32 Å². The molecular weight excluding hydrogens is 438 g/mol. The summed E-state index contributed by atoms with van der Waals surface area (Å²) < 4.78 is 6.30. The number of carbonyl (C=O) groups is 2. The summed E-state index contributed by atoms with van der Waals surface area (Å²) in [5, 5.41) is 3.29. The van der Waals surface area contributed by atoms with Crippen molar-refractivity contribution in [2.24, 2.45) is 0 Å². The van der Waals surface area contributed by atoms with Crippen LogP contribution in [0.4, 0.5) is 5.13 Å². The number of hydrogen-bond donors (Lipinski definition) is 1. The fourth-order valence-electron chi connectivity index (χ4n) is 3.33. The molecule has 3 heterocycles. The van der Waals surface area contributed by atoms with Crippen LogP contribution in [0.15, 0.2) is 48.9 Å². The average molecular weight is 462 g/mol. The third-order valence-electron chi connectivity index (χ3n) is 4.84. The summed E-state index contributed by atoms with van der Waals surface area (Å²) in [4.78, 5) is 41.2. The Kier molecular flexibility index (Phi) is 6.69. The maximum atomic E-state index is 11.8. The van der Waals surface area contributed by atoms with Gasteiger partial charge in [-0.25, -0.2) is 15.0 Å². The third-order valence-corrected chi connectivity index (χ3v) is 5.86. The second-order valence-electron chi connectivity index (χ2n) is 7.50. The molecule has 0 fully saturated rings. The van der Waals surface area contributed by atoms with E-state index < -0.39 is 6.10 Å². The molecule has 0 saturated carbocycles. The minimum Gasteiger partial charge on any atom is -0.454 e. The van der Waals surface area contributed by atoms with Crippen LogP contribution in [0.1, 0.15) is 45.5 Å². The van der Waals surface area contributed by atoms with E-state index in [0.717, 1.165) is 39.0 Å². The van der Waals surface area contributed by atoms with Gasteiger partial charge < -0.3 is 10.1 Å². The second-order valence-corrected chi connectivity index (χ2v) is 8.50. The van der Waals surface area contributed by atoms with Crippen molar-refractivity contribution in [1.29, 1.82) is 0 Å². The predicted octanol–water partition coefficient (Wildman–Crippen LogP) is 5.18. The van der Waals surface area contributed by atoms with Crippen LogP contribution >= 0.6 is 11.3 Å². The summed E-state index contributed by atoms with van der Waals surface area (Å²) in [5.41, 5.74) is 4.11. The highest BCUT2D eigenvalue weighted by Gasteiger charge is 2.17. The first-order valence-electron chi connectivity index (χ1n) is 10.6. The van der Waals surface area contributed by atoms with Crippen LogP contribution in [0.3, 0.4) is 0 Å². The topological polar surface area (TPSA) is 107 Å². The Morgan fingerprint density at radius 3 is 2.58 bits per heavy atom. The van der Waals surface area contributed by atoms with Crippen LogP contribution in [0.2, 0.25) is 0 Å². The first kappa shape index (κ1) is 22.5. The zero-order valence-corrected chi connectivity index (χ0v) is 19.3. The van der Waals surface area contributed by atoms with Gasteiger partial charge in [0, 0.05) is 43.1 Å². The number of thiazole rings is 1. The minimum atomic E-state index is -0.525. The molecular formula is C24H23N5O3S. The van der Waals surface area contributed by atoms with Crippen LogP contribution in [-0.4, -0.2) is 31.8 Å². The van der Waals surface area contributed by atoms with Crippen molar-refractivity contribution in [2.45, 2.75) is 39.7 Å². The van der Waals surface area contributed by atoms with E-state index >= 15 is 0 Å². The number of nitrogens with zero attached hydrogens (tertiary/aromatic N) is 4. The van der Waals surface area contributed by atoms with Crippen LogP contribution in [0.25, 0.3) is 32.6 Å². The molecule has 4 rings (SSSR count). The van der Waals surface area contributed by atoms with Gasteiger partial charge in [-0.3, -0.25) is 14.6 Å². The van der Waals surface area contributed by atoms with Gasteiger partial charge in [-0.2, -0.15) is 0 Å². The van der Waals surface area contributed by atoms with Crippen LogP contribution in [0.5, 0.6) is 0 Å². The van der Waals surface area contributed by atoms with Crippen molar-refractivity contribution in [3.05, 3.63) is 54.7 Å². The Hall–Kier alpha value is -3.72. The first-order chi connectivity index (χ1) is 15.9. The second kappa shape index (κ2) is 9.83. The Bertz CT molecular complexity index is 1290. The number of amides is 1. The number of carbonyl (C=O) groups excluding carboxylic acids is 2. The Balaban J connectivity index is 1.71. The monoisotopic (exact) mass is 461 g/mol. The zero-order valence-electron chi connectivity index (χ0n) is 18.5. The number of hydrogen-bond acceptors (Lipinski definition) is 8. The van der Waals surface area contributed by atoms with E-state index in [0.29, 0.717) is 17.4 Å². The molecule has 1 aromatic carbocycles. The van der Waals surface area contributed by atoms with E-state index in [9.17, 15) is 9.59 Å². The molecule has 0 aliphatic carbocycles. The Labute approximate surface area is 195 Å². The summed E-state index contributed by atoms with van der Waals surface area (Å²) in [6.45, 7) is 5.14. The molecule has 1 atom stereocenters. The smallest absolute Gasteiger partial charge is 0.306 e. The normalized spacial score (nSPS) is 11.8. The van der Waals surface area contributed by atoms with Gasteiger partial charge in [0.2, 0.25) is 5.91 Å². The maximum absolute atomic E-state index is 11.8. The number of esters is 1. The molecule has 0 spiro atoms. The van der Waals surface area contributed by atoms with Gasteiger partial charge in [0.25, 0.3) is 0 Å². The Morgan fingerprint density at radius 2 is 1.91 bits per heavy atom. The molecule has 0 aliphatic rings. The molecule has 3 aromatic heterocycles. The fourth-order valence-corrected chi connectivity index (χ4v) is 4.34. The number of fused-ring (bicyclic) bond motifs is 1. The number of rotatable bonds is 7. The molecule has 0 radical (unpaired) electrons. The lowest BCUT2D eigenvalue weighted by Gasteiger charge is -2.12. The molecule has 168 valence electrons. The largest absolute Gasteiger partial charge is 0.454 e. The highest BCUT2D eigenvalue weighted by Crippen LogP contribution is 2.38. The summed E-state index contributed by atoms with van der Waals surface area (Å²) in [6, 6.07) is 9.68. The maximum Gasteiger partial charge on any atom is 0.306 e. The van der Waals surface area contributed by atoms with Crippen LogP contribution in [-0.2, 0) is 14.3 Å². The molecule has 0 aliphatic heterocycles. The molecule has 0 bridgehead atoms. The van der Waals surface area contributed by atoms with Crippen molar-refractivity contribution in [2.75, 3.05) is 5.32 Å². The number of anilines is 1. The van der Waals surface area contributed by atoms with Crippen molar-refractivity contribution < 1.29 is 14.3 Å². The van der Waals surface area contributed by atoms with E-state index in [1.165, 1.54) is 18.3 Å². The predicted molar refractivity (Wildman–Crippen MR) is 128 cm³/mol. The number of aromatic nitrogens is 4. The lowest BCUT2D eigenvalue weighted by atomic mass is 10.0. The van der Waals surface area contributed by atoms with Gasteiger partial charge in [-0.1, -0.05) is 24.3 Å². The summed E-state index contributed by atoms with van der Waals surface area (Å²) in [5.74, 6) is 0.00360.